The molecule has 3 N–H and O–H groups in total. The van der Waals surface area contributed by atoms with Gasteiger partial charge in [-0.3, -0.25) is 10.9 Å². The highest BCUT2D eigenvalue weighted by molar-refractivity contribution is 6.18. The van der Waals surface area contributed by atoms with Gasteiger partial charge in [-0.15, -0.1) is 11.6 Å². The summed E-state index contributed by atoms with van der Waals surface area (Å²) >= 11 is 5.72. The average molecular weight is 194 g/mol. The summed E-state index contributed by atoms with van der Waals surface area (Å²) in [5, 5.41) is 3.38. The summed E-state index contributed by atoms with van der Waals surface area (Å²) in [5.41, 5.74) is 5.91. The second-order valence-electron chi connectivity index (χ2n) is 2.74. The Balaban J connectivity index is 3.06. The lowest BCUT2D eigenvalue weighted by atomic mass is 10.2. The molecule has 0 amide bonds. The van der Waals surface area contributed by atoms with Crippen molar-refractivity contribution in [1.29, 1.82) is 0 Å². The Morgan fingerprint density at radius 3 is 2.58 bits per heavy atom. The van der Waals surface area contributed by atoms with Crippen LogP contribution in [0.1, 0.15) is 19.8 Å². The summed E-state index contributed by atoms with van der Waals surface area (Å²) in [6.45, 7) is 4.16. The minimum Gasteiger partial charge on any atom is -0.313 e. The fraction of sp³-hybridized carbons (Fsp3) is 1.00. The first-order valence-corrected chi connectivity index (χ1v) is 5.07. The van der Waals surface area contributed by atoms with Gasteiger partial charge in [0.2, 0.25) is 0 Å². The molecule has 12 heavy (non-hydrogen) atoms. The highest BCUT2D eigenvalue weighted by Crippen LogP contribution is 1.93. The second-order valence-corrected chi connectivity index (χ2v) is 3.05. The van der Waals surface area contributed by atoms with E-state index < -0.39 is 0 Å². The summed E-state index contributed by atoms with van der Waals surface area (Å²) < 4.78 is 0. The zero-order valence-electron chi connectivity index (χ0n) is 7.99. The topological polar surface area (TPSA) is 36.1 Å². The smallest absolute Gasteiger partial charge is 0.0377 e. The predicted molar refractivity (Wildman–Crippen MR) is 54.5 cm³/mol. The van der Waals surface area contributed by atoms with Gasteiger partial charge >= 0.3 is 0 Å². The standard InChI is InChI=1S/C8H20ClN3/c1-3-8(7-9)11-5-4-6-12-10-2/h8,10-12H,3-7H2,1-2H3/t8-/m0/s1. The van der Waals surface area contributed by atoms with Gasteiger partial charge in [0, 0.05) is 18.5 Å². The van der Waals surface area contributed by atoms with Crippen LogP contribution in [-0.2, 0) is 0 Å². The first-order valence-electron chi connectivity index (χ1n) is 4.54. The SMILES string of the molecule is CC[C@@H](CCl)NCCCNNC. The summed E-state index contributed by atoms with van der Waals surface area (Å²) in [6, 6.07) is 0.473. The number of alkyl halides is 1. The monoisotopic (exact) mass is 193 g/mol. The van der Waals surface area contributed by atoms with Crippen molar-refractivity contribution < 1.29 is 0 Å². The van der Waals surface area contributed by atoms with E-state index in [2.05, 4.69) is 23.1 Å². The van der Waals surface area contributed by atoms with Gasteiger partial charge < -0.3 is 5.32 Å². The van der Waals surface area contributed by atoms with Crippen LogP contribution in [0.5, 0.6) is 0 Å². The molecule has 0 spiro atoms. The van der Waals surface area contributed by atoms with Gasteiger partial charge in [0.25, 0.3) is 0 Å². The van der Waals surface area contributed by atoms with Crippen LogP contribution < -0.4 is 16.2 Å². The molecule has 0 bridgehead atoms. The van der Waals surface area contributed by atoms with Crippen molar-refractivity contribution in [3.63, 3.8) is 0 Å². The Morgan fingerprint density at radius 1 is 1.33 bits per heavy atom. The number of nitrogens with one attached hydrogen (secondary N) is 3. The predicted octanol–water partition coefficient (Wildman–Crippen LogP) is 0.707. The van der Waals surface area contributed by atoms with E-state index >= 15 is 0 Å². The Morgan fingerprint density at radius 2 is 2.08 bits per heavy atom. The lowest BCUT2D eigenvalue weighted by molar-refractivity contribution is 0.501. The maximum atomic E-state index is 5.72. The first-order chi connectivity index (χ1) is 5.85. The number of hydrazine groups is 1. The van der Waals surface area contributed by atoms with Crippen molar-refractivity contribution in [2.24, 2.45) is 0 Å². The van der Waals surface area contributed by atoms with Crippen LogP contribution >= 0.6 is 11.6 Å². The van der Waals surface area contributed by atoms with Crippen molar-refractivity contribution in [3.05, 3.63) is 0 Å². The van der Waals surface area contributed by atoms with Crippen molar-refractivity contribution in [1.82, 2.24) is 16.2 Å². The van der Waals surface area contributed by atoms with Gasteiger partial charge in [-0.1, -0.05) is 6.92 Å². The normalized spacial score (nSPS) is 13.2. The lowest BCUT2D eigenvalue weighted by Crippen LogP contribution is -2.34. The number of rotatable bonds is 8. The second kappa shape index (κ2) is 9.26. The zero-order chi connectivity index (χ0) is 9.23. The highest BCUT2D eigenvalue weighted by Gasteiger charge is 2.00. The molecule has 0 saturated heterocycles. The molecule has 0 aromatic rings. The average Bonchev–Trinajstić information content (AvgIpc) is 2.11. The van der Waals surface area contributed by atoms with Crippen LogP contribution in [0.2, 0.25) is 0 Å². The molecule has 0 aliphatic carbocycles. The van der Waals surface area contributed by atoms with E-state index in [0.29, 0.717) is 11.9 Å². The molecule has 0 fully saturated rings. The lowest BCUT2D eigenvalue weighted by Gasteiger charge is -2.13. The maximum absolute atomic E-state index is 5.72. The zero-order valence-corrected chi connectivity index (χ0v) is 8.75. The third kappa shape index (κ3) is 6.85. The summed E-state index contributed by atoms with van der Waals surface area (Å²) in [5.74, 6) is 0.704. The van der Waals surface area contributed by atoms with Crippen molar-refractivity contribution in [2.45, 2.75) is 25.8 Å². The van der Waals surface area contributed by atoms with Gasteiger partial charge in [0.05, 0.1) is 0 Å². The molecule has 0 rings (SSSR count). The third-order valence-electron chi connectivity index (χ3n) is 1.77. The Bertz CT molecular complexity index is 86.4. The van der Waals surface area contributed by atoms with Gasteiger partial charge in [0.1, 0.15) is 0 Å². The van der Waals surface area contributed by atoms with E-state index in [0.717, 1.165) is 25.9 Å². The molecule has 1 atom stereocenters. The van der Waals surface area contributed by atoms with E-state index in [-0.39, 0.29) is 0 Å². The fourth-order valence-corrected chi connectivity index (χ4v) is 1.24. The fourth-order valence-electron chi connectivity index (χ4n) is 0.916. The molecule has 0 aromatic heterocycles. The van der Waals surface area contributed by atoms with Gasteiger partial charge in [-0.2, -0.15) is 0 Å². The molecule has 0 unspecified atom stereocenters. The molecular weight excluding hydrogens is 174 g/mol. The van der Waals surface area contributed by atoms with Crippen molar-refractivity contribution in [3.8, 4) is 0 Å². The minimum absolute atomic E-state index is 0.473. The minimum atomic E-state index is 0.473. The van der Waals surface area contributed by atoms with E-state index in [1.54, 1.807) is 0 Å². The molecule has 0 aliphatic heterocycles. The maximum Gasteiger partial charge on any atom is 0.0377 e. The Hall–Kier alpha value is 0.170. The number of hydrogen-bond acceptors (Lipinski definition) is 3. The van der Waals surface area contributed by atoms with Crippen molar-refractivity contribution in [2.75, 3.05) is 26.0 Å². The van der Waals surface area contributed by atoms with Crippen LogP contribution in [0, 0.1) is 0 Å². The van der Waals surface area contributed by atoms with Gasteiger partial charge in [-0.05, 0) is 26.4 Å². The Kier molecular flexibility index (Phi) is 9.39. The first kappa shape index (κ1) is 12.2. The number of halogens is 1. The van der Waals surface area contributed by atoms with Crippen LogP contribution in [0.3, 0.4) is 0 Å². The molecule has 4 heteroatoms. The molecular formula is C8H20ClN3. The Labute approximate surface area is 80.2 Å². The summed E-state index contributed by atoms with van der Waals surface area (Å²) in [4.78, 5) is 0. The molecule has 0 aliphatic rings. The molecule has 0 aromatic carbocycles. The molecule has 74 valence electrons. The third-order valence-corrected chi connectivity index (χ3v) is 2.14. The largest absolute Gasteiger partial charge is 0.313 e. The van der Waals surface area contributed by atoms with Crippen LogP contribution in [0.25, 0.3) is 0 Å². The van der Waals surface area contributed by atoms with E-state index in [1.165, 1.54) is 0 Å². The molecule has 0 saturated carbocycles. The van der Waals surface area contributed by atoms with Crippen LogP contribution in [-0.4, -0.2) is 32.1 Å². The van der Waals surface area contributed by atoms with E-state index in [4.69, 9.17) is 11.6 Å². The van der Waals surface area contributed by atoms with Crippen LogP contribution in [0.4, 0.5) is 0 Å². The summed E-state index contributed by atoms with van der Waals surface area (Å²) in [7, 11) is 1.88. The van der Waals surface area contributed by atoms with E-state index in [9.17, 15) is 0 Å². The summed E-state index contributed by atoms with van der Waals surface area (Å²) in [6.07, 6.45) is 2.22. The van der Waals surface area contributed by atoms with Crippen LogP contribution in [0.15, 0.2) is 0 Å². The van der Waals surface area contributed by atoms with Gasteiger partial charge in [0.15, 0.2) is 0 Å². The molecule has 0 heterocycles. The highest BCUT2D eigenvalue weighted by atomic mass is 35.5. The van der Waals surface area contributed by atoms with Crippen molar-refractivity contribution >= 4 is 11.6 Å². The quantitative estimate of drug-likeness (QED) is 0.302. The van der Waals surface area contributed by atoms with E-state index in [1.807, 2.05) is 7.05 Å². The number of hydrogen-bond donors (Lipinski definition) is 3. The van der Waals surface area contributed by atoms with Gasteiger partial charge in [-0.25, -0.2) is 0 Å². The molecule has 3 nitrogen and oxygen atoms in total. The molecule has 0 radical (unpaired) electrons.